The SMILES string of the molecule is CC[C@H](C)[C@H]1N=C2c3ccccc3N=C(S[C@H](C)C(=O)Nc3cccc(OC)c3)N2C1=O. The molecule has 2 aromatic rings. The minimum Gasteiger partial charge on any atom is -0.497 e. The second kappa shape index (κ2) is 9.16. The third kappa shape index (κ3) is 4.14. The second-order valence-corrected chi connectivity index (χ2v) is 9.16. The highest BCUT2D eigenvalue weighted by molar-refractivity contribution is 8.15. The van der Waals surface area contributed by atoms with E-state index >= 15 is 0 Å². The monoisotopic (exact) mass is 450 g/mol. The van der Waals surface area contributed by atoms with Crippen molar-refractivity contribution >= 4 is 46.0 Å². The topological polar surface area (TPSA) is 83.4 Å². The Bertz CT molecular complexity index is 1110. The molecule has 1 N–H and O–H groups in total. The first-order valence-electron chi connectivity index (χ1n) is 10.6. The molecule has 32 heavy (non-hydrogen) atoms. The molecule has 7 nitrogen and oxygen atoms in total. The minimum atomic E-state index is -0.484. The van der Waals surface area contributed by atoms with Crippen LogP contribution in [-0.4, -0.2) is 46.1 Å². The number of benzene rings is 2. The van der Waals surface area contributed by atoms with Gasteiger partial charge in [-0.2, -0.15) is 0 Å². The van der Waals surface area contributed by atoms with Crippen molar-refractivity contribution in [2.45, 2.75) is 38.5 Å². The van der Waals surface area contributed by atoms with Crippen LogP contribution in [0, 0.1) is 5.92 Å². The van der Waals surface area contributed by atoms with E-state index in [1.807, 2.05) is 43.3 Å². The number of amides is 2. The van der Waals surface area contributed by atoms with Gasteiger partial charge in [-0.05, 0) is 37.1 Å². The maximum atomic E-state index is 13.3. The van der Waals surface area contributed by atoms with Crippen molar-refractivity contribution in [2.24, 2.45) is 15.9 Å². The van der Waals surface area contributed by atoms with Crippen LogP contribution in [0.3, 0.4) is 0 Å². The summed E-state index contributed by atoms with van der Waals surface area (Å²) in [4.78, 5) is 37.2. The van der Waals surface area contributed by atoms with Crippen LogP contribution in [0.1, 0.15) is 32.8 Å². The van der Waals surface area contributed by atoms with Gasteiger partial charge in [0.25, 0.3) is 5.91 Å². The molecular weight excluding hydrogens is 424 g/mol. The number of nitrogens with zero attached hydrogens (tertiary/aromatic N) is 3. The van der Waals surface area contributed by atoms with Gasteiger partial charge in [0.1, 0.15) is 17.6 Å². The number of carbonyl (C=O) groups is 2. The Hall–Kier alpha value is -3.13. The van der Waals surface area contributed by atoms with E-state index in [0.29, 0.717) is 22.4 Å². The molecular formula is C24H26N4O3S. The second-order valence-electron chi connectivity index (χ2n) is 7.85. The van der Waals surface area contributed by atoms with Crippen molar-refractivity contribution in [3.05, 3.63) is 54.1 Å². The van der Waals surface area contributed by atoms with Gasteiger partial charge >= 0.3 is 0 Å². The van der Waals surface area contributed by atoms with Gasteiger partial charge in [-0.15, -0.1) is 0 Å². The highest BCUT2D eigenvalue weighted by Crippen LogP contribution is 2.36. The maximum Gasteiger partial charge on any atom is 0.259 e. The van der Waals surface area contributed by atoms with E-state index in [-0.39, 0.29) is 17.7 Å². The third-order valence-corrected chi connectivity index (χ3v) is 6.72. The van der Waals surface area contributed by atoms with Crippen LogP contribution in [0.4, 0.5) is 11.4 Å². The smallest absolute Gasteiger partial charge is 0.259 e. The molecule has 0 radical (unpaired) electrons. The molecule has 2 amide bonds. The third-order valence-electron chi connectivity index (χ3n) is 5.67. The standard InChI is InChI=1S/C24H26N4O3S/c1-5-14(2)20-23(30)28-21(27-20)18-11-6-7-12-19(18)26-24(28)32-15(3)22(29)25-16-9-8-10-17(13-16)31-4/h6-15,20H,5H2,1-4H3,(H,25,29)/t14-,15+,20+/m0/s1. The van der Waals surface area contributed by atoms with E-state index in [9.17, 15) is 9.59 Å². The van der Waals surface area contributed by atoms with Crippen molar-refractivity contribution in [1.82, 2.24) is 4.90 Å². The highest BCUT2D eigenvalue weighted by atomic mass is 32.2. The zero-order chi connectivity index (χ0) is 22.8. The van der Waals surface area contributed by atoms with Crippen LogP contribution in [0.2, 0.25) is 0 Å². The summed E-state index contributed by atoms with van der Waals surface area (Å²) in [5.74, 6) is 1.13. The minimum absolute atomic E-state index is 0.0875. The largest absolute Gasteiger partial charge is 0.497 e. The van der Waals surface area contributed by atoms with Crippen LogP contribution in [0.5, 0.6) is 5.75 Å². The van der Waals surface area contributed by atoms with Crippen LogP contribution in [-0.2, 0) is 9.59 Å². The van der Waals surface area contributed by atoms with E-state index in [0.717, 1.165) is 17.7 Å². The quantitative estimate of drug-likeness (QED) is 0.704. The Balaban J connectivity index is 1.59. The zero-order valence-corrected chi connectivity index (χ0v) is 19.3. The molecule has 2 aromatic carbocycles. The normalized spacial score (nSPS) is 18.8. The van der Waals surface area contributed by atoms with E-state index in [1.54, 1.807) is 31.1 Å². The van der Waals surface area contributed by atoms with Crippen LogP contribution in [0.15, 0.2) is 58.5 Å². The molecule has 0 aliphatic carbocycles. The molecule has 2 aliphatic rings. The Kier molecular flexibility index (Phi) is 6.32. The van der Waals surface area contributed by atoms with E-state index in [4.69, 9.17) is 14.7 Å². The lowest BCUT2D eigenvalue weighted by Crippen LogP contribution is -2.43. The molecule has 0 saturated heterocycles. The first-order valence-corrected chi connectivity index (χ1v) is 11.5. The molecule has 2 aliphatic heterocycles. The number of aliphatic imine (C=N–C) groups is 2. The summed E-state index contributed by atoms with van der Waals surface area (Å²) >= 11 is 1.25. The first kappa shape index (κ1) is 22.1. The van der Waals surface area contributed by atoms with Crippen LogP contribution < -0.4 is 10.1 Å². The van der Waals surface area contributed by atoms with Gasteiger partial charge in [0.05, 0.1) is 18.0 Å². The lowest BCUT2D eigenvalue weighted by atomic mass is 10.00. The summed E-state index contributed by atoms with van der Waals surface area (Å²) in [6.07, 6.45) is 0.849. The number of nitrogens with one attached hydrogen (secondary N) is 1. The lowest BCUT2D eigenvalue weighted by Gasteiger charge is -2.27. The number of methoxy groups -OCH3 is 1. The van der Waals surface area contributed by atoms with Gasteiger partial charge in [0.15, 0.2) is 5.17 Å². The predicted molar refractivity (Wildman–Crippen MR) is 129 cm³/mol. The number of carbonyl (C=O) groups excluding carboxylic acids is 2. The number of anilines is 1. The molecule has 0 aromatic heterocycles. The van der Waals surface area contributed by atoms with Crippen molar-refractivity contribution in [1.29, 1.82) is 0 Å². The molecule has 2 heterocycles. The number of ether oxygens (including phenoxy) is 1. The van der Waals surface area contributed by atoms with Crippen molar-refractivity contribution in [3.63, 3.8) is 0 Å². The van der Waals surface area contributed by atoms with E-state index in [1.165, 1.54) is 11.8 Å². The van der Waals surface area contributed by atoms with Crippen LogP contribution >= 0.6 is 11.8 Å². The average Bonchev–Trinajstić information content (AvgIpc) is 3.16. The van der Waals surface area contributed by atoms with Gasteiger partial charge in [-0.3, -0.25) is 14.6 Å². The number of amidine groups is 2. The molecule has 0 bridgehead atoms. The number of hydrogen-bond donors (Lipinski definition) is 1. The Morgan fingerprint density at radius 1 is 1.22 bits per heavy atom. The Morgan fingerprint density at radius 3 is 2.75 bits per heavy atom. The molecule has 0 saturated carbocycles. The number of fused-ring (bicyclic) bond motifs is 3. The molecule has 166 valence electrons. The summed E-state index contributed by atoms with van der Waals surface area (Å²) in [5, 5.41) is 2.90. The van der Waals surface area contributed by atoms with Gasteiger partial charge in [0, 0.05) is 17.3 Å². The molecule has 0 spiro atoms. The summed E-state index contributed by atoms with van der Waals surface area (Å²) in [6, 6.07) is 14.4. The highest BCUT2D eigenvalue weighted by Gasteiger charge is 2.43. The number of rotatable bonds is 6. The maximum absolute atomic E-state index is 13.3. The Labute approximate surface area is 192 Å². The van der Waals surface area contributed by atoms with Crippen molar-refractivity contribution < 1.29 is 14.3 Å². The zero-order valence-electron chi connectivity index (χ0n) is 18.5. The van der Waals surface area contributed by atoms with Gasteiger partial charge in [-0.1, -0.05) is 50.2 Å². The fourth-order valence-electron chi connectivity index (χ4n) is 3.60. The van der Waals surface area contributed by atoms with Crippen molar-refractivity contribution in [2.75, 3.05) is 12.4 Å². The molecule has 0 fully saturated rings. The number of para-hydroxylation sites is 1. The predicted octanol–water partition coefficient (Wildman–Crippen LogP) is 4.46. The summed E-state index contributed by atoms with van der Waals surface area (Å²) in [6.45, 7) is 5.88. The molecule has 3 atom stereocenters. The molecule has 0 unspecified atom stereocenters. The average molecular weight is 451 g/mol. The fourth-order valence-corrected chi connectivity index (χ4v) is 4.51. The summed E-state index contributed by atoms with van der Waals surface area (Å²) < 4.78 is 5.22. The van der Waals surface area contributed by atoms with Gasteiger partial charge in [-0.25, -0.2) is 9.89 Å². The molecule has 4 rings (SSSR count). The summed E-state index contributed by atoms with van der Waals surface area (Å²) in [7, 11) is 1.58. The van der Waals surface area contributed by atoms with Crippen LogP contribution in [0.25, 0.3) is 0 Å². The van der Waals surface area contributed by atoms with Crippen molar-refractivity contribution in [3.8, 4) is 5.75 Å². The first-order chi connectivity index (χ1) is 15.4. The van der Waals surface area contributed by atoms with E-state index < -0.39 is 11.3 Å². The molecule has 8 heteroatoms. The lowest BCUT2D eigenvalue weighted by molar-refractivity contribution is -0.125. The van der Waals surface area contributed by atoms with Gasteiger partial charge in [0.2, 0.25) is 5.91 Å². The Morgan fingerprint density at radius 2 is 2.00 bits per heavy atom. The fraction of sp³-hybridized carbons (Fsp3) is 0.333. The van der Waals surface area contributed by atoms with Gasteiger partial charge < -0.3 is 10.1 Å². The number of hydrogen-bond acceptors (Lipinski definition) is 6. The number of thioether (sulfide) groups is 1. The summed E-state index contributed by atoms with van der Waals surface area (Å²) in [5.41, 5.74) is 2.24. The van der Waals surface area contributed by atoms with E-state index in [2.05, 4.69) is 12.2 Å².